The standard InChI is InChI=1S/C23H24F2N4O2S/c1-28-17-11-6-5-10-16(17)26-23(28)32-14-19(30)29-13-7-12-18(29)22(31)27-20(21(24)25)15-8-3-2-4-9-15/h2-6,8-11,18,20-21H,7,12-14H2,1H3,(H,27,31)/t18-,20?/m0/s1. The van der Waals surface area contributed by atoms with Crippen LogP contribution >= 0.6 is 11.8 Å². The maximum absolute atomic E-state index is 13.6. The van der Waals surface area contributed by atoms with Gasteiger partial charge in [0.25, 0.3) is 6.43 Å². The number of para-hydroxylation sites is 2. The number of likely N-dealkylation sites (tertiary alicyclic amines) is 1. The molecule has 0 bridgehead atoms. The van der Waals surface area contributed by atoms with Crippen LogP contribution in [-0.2, 0) is 16.6 Å². The normalized spacial score (nSPS) is 17.1. The molecule has 4 rings (SSSR count). The van der Waals surface area contributed by atoms with E-state index in [1.165, 1.54) is 16.7 Å². The minimum absolute atomic E-state index is 0.123. The molecule has 2 aromatic carbocycles. The van der Waals surface area contributed by atoms with Crippen molar-refractivity contribution in [3.05, 3.63) is 60.2 Å². The van der Waals surface area contributed by atoms with E-state index in [0.29, 0.717) is 30.1 Å². The van der Waals surface area contributed by atoms with Crippen LogP contribution in [0.4, 0.5) is 8.78 Å². The molecular formula is C23H24F2N4O2S. The zero-order chi connectivity index (χ0) is 22.7. The molecule has 168 valence electrons. The van der Waals surface area contributed by atoms with Gasteiger partial charge in [0.1, 0.15) is 12.1 Å². The van der Waals surface area contributed by atoms with Gasteiger partial charge in [-0.05, 0) is 30.5 Å². The molecule has 0 radical (unpaired) electrons. The first-order valence-corrected chi connectivity index (χ1v) is 11.4. The van der Waals surface area contributed by atoms with Crippen molar-refractivity contribution in [3.63, 3.8) is 0 Å². The molecule has 32 heavy (non-hydrogen) atoms. The lowest BCUT2D eigenvalue weighted by atomic mass is 10.1. The zero-order valence-electron chi connectivity index (χ0n) is 17.6. The Morgan fingerprint density at radius 1 is 1.16 bits per heavy atom. The Labute approximate surface area is 189 Å². The Morgan fingerprint density at radius 2 is 1.88 bits per heavy atom. The molecule has 1 unspecified atom stereocenters. The van der Waals surface area contributed by atoms with E-state index in [0.717, 1.165) is 11.0 Å². The van der Waals surface area contributed by atoms with E-state index >= 15 is 0 Å². The van der Waals surface area contributed by atoms with Crippen LogP contribution in [0.5, 0.6) is 0 Å². The average molecular weight is 459 g/mol. The molecule has 1 N–H and O–H groups in total. The van der Waals surface area contributed by atoms with E-state index in [9.17, 15) is 18.4 Å². The molecule has 2 heterocycles. The number of carbonyl (C=O) groups is 2. The first-order valence-electron chi connectivity index (χ1n) is 10.4. The van der Waals surface area contributed by atoms with E-state index in [1.54, 1.807) is 30.3 Å². The number of imidazole rings is 1. The molecule has 0 saturated carbocycles. The smallest absolute Gasteiger partial charge is 0.262 e. The molecule has 2 atom stereocenters. The zero-order valence-corrected chi connectivity index (χ0v) is 18.4. The van der Waals surface area contributed by atoms with Crippen LogP contribution in [0.1, 0.15) is 24.4 Å². The maximum Gasteiger partial charge on any atom is 0.262 e. The second kappa shape index (κ2) is 9.68. The number of fused-ring (bicyclic) bond motifs is 1. The predicted octanol–water partition coefficient (Wildman–Crippen LogP) is 3.78. The average Bonchev–Trinajstić information content (AvgIpc) is 3.41. The molecule has 6 nitrogen and oxygen atoms in total. The fourth-order valence-corrected chi connectivity index (χ4v) is 4.87. The van der Waals surface area contributed by atoms with Crippen molar-refractivity contribution < 1.29 is 18.4 Å². The molecule has 0 aliphatic carbocycles. The van der Waals surface area contributed by atoms with Gasteiger partial charge in [-0.2, -0.15) is 0 Å². The van der Waals surface area contributed by atoms with Gasteiger partial charge in [-0.1, -0.05) is 54.2 Å². The van der Waals surface area contributed by atoms with Gasteiger partial charge in [0.05, 0.1) is 16.8 Å². The number of alkyl halides is 2. The summed E-state index contributed by atoms with van der Waals surface area (Å²) in [5.74, 6) is -0.622. The summed E-state index contributed by atoms with van der Waals surface area (Å²) >= 11 is 1.31. The lowest BCUT2D eigenvalue weighted by molar-refractivity contribution is -0.137. The van der Waals surface area contributed by atoms with Crippen molar-refractivity contribution in [3.8, 4) is 0 Å². The Kier molecular flexibility index (Phi) is 6.74. The highest BCUT2D eigenvalue weighted by molar-refractivity contribution is 7.99. The number of thioether (sulfide) groups is 1. The van der Waals surface area contributed by atoms with Gasteiger partial charge in [0, 0.05) is 13.6 Å². The fourth-order valence-electron chi connectivity index (χ4n) is 4.00. The molecule has 2 amide bonds. The number of nitrogens with one attached hydrogen (secondary N) is 1. The fraction of sp³-hybridized carbons (Fsp3) is 0.348. The van der Waals surface area contributed by atoms with Gasteiger partial charge in [-0.3, -0.25) is 9.59 Å². The van der Waals surface area contributed by atoms with Gasteiger partial charge in [-0.15, -0.1) is 0 Å². The third-order valence-corrected chi connectivity index (χ3v) is 6.67. The molecule has 3 aromatic rings. The largest absolute Gasteiger partial charge is 0.342 e. The summed E-state index contributed by atoms with van der Waals surface area (Å²) in [6, 6.07) is 13.7. The Balaban J connectivity index is 1.41. The summed E-state index contributed by atoms with van der Waals surface area (Å²) in [5, 5.41) is 3.16. The molecule has 0 spiro atoms. The van der Waals surface area contributed by atoms with Gasteiger partial charge < -0.3 is 14.8 Å². The number of nitrogens with zero attached hydrogens (tertiary/aromatic N) is 3. The number of rotatable bonds is 7. The van der Waals surface area contributed by atoms with Crippen molar-refractivity contribution >= 4 is 34.6 Å². The van der Waals surface area contributed by atoms with Crippen molar-refractivity contribution in [2.24, 2.45) is 7.05 Å². The maximum atomic E-state index is 13.6. The third kappa shape index (κ3) is 4.62. The Hall–Kier alpha value is -2.94. The number of benzene rings is 2. The number of aryl methyl sites for hydroxylation is 1. The number of halogens is 2. The van der Waals surface area contributed by atoms with E-state index in [1.807, 2.05) is 35.9 Å². The van der Waals surface area contributed by atoms with Crippen molar-refractivity contribution in [1.82, 2.24) is 19.8 Å². The molecule has 1 aliphatic rings. The summed E-state index contributed by atoms with van der Waals surface area (Å²) in [4.78, 5) is 31.8. The van der Waals surface area contributed by atoms with E-state index in [2.05, 4.69) is 10.3 Å². The van der Waals surface area contributed by atoms with Crippen LogP contribution in [0.15, 0.2) is 59.8 Å². The Bertz CT molecular complexity index is 1110. The van der Waals surface area contributed by atoms with Crippen LogP contribution in [-0.4, -0.2) is 51.0 Å². The van der Waals surface area contributed by atoms with Gasteiger partial charge in [-0.25, -0.2) is 13.8 Å². The van der Waals surface area contributed by atoms with E-state index < -0.39 is 24.4 Å². The van der Waals surface area contributed by atoms with Crippen LogP contribution in [0.3, 0.4) is 0 Å². The SMILES string of the molecule is Cn1c(SCC(=O)N2CCC[C@H]2C(=O)NC(c2ccccc2)C(F)F)nc2ccccc21. The number of hydrogen-bond donors (Lipinski definition) is 1. The molecule has 1 aliphatic heterocycles. The van der Waals surface area contributed by atoms with Crippen molar-refractivity contribution in [2.75, 3.05) is 12.3 Å². The second-order valence-electron chi connectivity index (χ2n) is 7.71. The highest BCUT2D eigenvalue weighted by atomic mass is 32.2. The lowest BCUT2D eigenvalue weighted by Crippen LogP contribution is -2.48. The minimum Gasteiger partial charge on any atom is -0.342 e. The summed E-state index contributed by atoms with van der Waals surface area (Å²) < 4.78 is 29.2. The van der Waals surface area contributed by atoms with Crippen LogP contribution in [0.2, 0.25) is 0 Å². The molecule has 1 fully saturated rings. The lowest BCUT2D eigenvalue weighted by Gasteiger charge is -2.26. The second-order valence-corrected chi connectivity index (χ2v) is 8.65. The number of hydrogen-bond acceptors (Lipinski definition) is 4. The van der Waals surface area contributed by atoms with Gasteiger partial charge in [0.2, 0.25) is 11.8 Å². The molecule has 1 aromatic heterocycles. The number of aromatic nitrogens is 2. The summed E-state index contributed by atoms with van der Waals surface area (Å²) in [7, 11) is 1.89. The van der Waals surface area contributed by atoms with Crippen LogP contribution < -0.4 is 5.32 Å². The van der Waals surface area contributed by atoms with E-state index in [4.69, 9.17) is 0 Å². The quantitative estimate of drug-likeness (QED) is 0.548. The Morgan fingerprint density at radius 3 is 2.59 bits per heavy atom. The van der Waals surface area contributed by atoms with Crippen molar-refractivity contribution in [2.45, 2.75) is 36.5 Å². The molecular weight excluding hydrogens is 434 g/mol. The van der Waals surface area contributed by atoms with Crippen molar-refractivity contribution in [1.29, 1.82) is 0 Å². The summed E-state index contributed by atoms with van der Waals surface area (Å²) in [5.41, 5.74) is 2.16. The first-order chi connectivity index (χ1) is 15.5. The number of carbonyl (C=O) groups excluding carboxylic acids is 2. The van der Waals surface area contributed by atoms with Crippen LogP contribution in [0, 0.1) is 0 Å². The molecule has 9 heteroatoms. The summed E-state index contributed by atoms with van der Waals surface area (Å²) in [6.45, 7) is 0.435. The van der Waals surface area contributed by atoms with Gasteiger partial charge >= 0.3 is 0 Å². The number of amides is 2. The highest BCUT2D eigenvalue weighted by Gasteiger charge is 2.36. The minimum atomic E-state index is -2.75. The highest BCUT2D eigenvalue weighted by Crippen LogP contribution is 2.26. The summed E-state index contributed by atoms with van der Waals surface area (Å²) in [6.07, 6.45) is -1.63. The third-order valence-electron chi connectivity index (χ3n) is 5.66. The van der Waals surface area contributed by atoms with Crippen LogP contribution in [0.25, 0.3) is 11.0 Å². The van der Waals surface area contributed by atoms with E-state index in [-0.39, 0.29) is 11.7 Å². The first kappa shape index (κ1) is 22.3. The predicted molar refractivity (Wildman–Crippen MR) is 120 cm³/mol. The monoisotopic (exact) mass is 458 g/mol. The topological polar surface area (TPSA) is 67.2 Å². The molecule has 1 saturated heterocycles. The van der Waals surface area contributed by atoms with Gasteiger partial charge in [0.15, 0.2) is 5.16 Å².